The van der Waals surface area contributed by atoms with Crippen molar-refractivity contribution in [3.63, 3.8) is 0 Å². The summed E-state index contributed by atoms with van der Waals surface area (Å²) in [4.78, 5) is 25.1. The van der Waals surface area contributed by atoms with Crippen molar-refractivity contribution < 1.29 is 23.8 Å². The lowest BCUT2D eigenvalue weighted by Crippen LogP contribution is -2.11. The van der Waals surface area contributed by atoms with Crippen LogP contribution in [0, 0.1) is 0 Å². The van der Waals surface area contributed by atoms with Crippen molar-refractivity contribution in [1.29, 1.82) is 0 Å². The van der Waals surface area contributed by atoms with Crippen LogP contribution in [0.2, 0.25) is 0 Å². The molecule has 1 N–H and O–H groups in total. The van der Waals surface area contributed by atoms with Crippen molar-refractivity contribution in [2.45, 2.75) is 13.3 Å². The first-order valence-corrected chi connectivity index (χ1v) is 10.9. The Morgan fingerprint density at radius 3 is 2.41 bits per heavy atom. The lowest BCUT2D eigenvalue weighted by molar-refractivity contribution is -0.111. The number of hydrogen-bond donors (Lipinski definition) is 1. The van der Waals surface area contributed by atoms with Gasteiger partial charge in [-0.1, -0.05) is 31.2 Å². The first-order chi connectivity index (χ1) is 15.5. The molecule has 0 atom stereocenters. The van der Waals surface area contributed by atoms with Crippen LogP contribution in [-0.4, -0.2) is 33.2 Å². The summed E-state index contributed by atoms with van der Waals surface area (Å²) in [7, 11) is 4.45. The van der Waals surface area contributed by atoms with Crippen LogP contribution < -0.4 is 14.8 Å². The number of carbonyl (C=O) groups is 2. The van der Waals surface area contributed by atoms with Gasteiger partial charge in [-0.15, -0.1) is 11.3 Å². The topological polar surface area (TPSA) is 73.9 Å². The normalized spacial score (nSPS) is 10.8. The van der Waals surface area contributed by atoms with Gasteiger partial charge in [0, 0.05) is 28.6 Å². The molecule has 0 aliphatic rings. The van der Waals surface area contributed by atoms with E-state index in [1.807, 2.05) is 29.6 Å². The Morgan fingerprint density at radius 2 is 1.78 bits per heavy atom. The van der Waals surface area contributed by atoms with E-state index in [4.69, 9.17) is 14.2 Å². The number of nitrogens with one attached hydrogen (secondary N) is 1. The molecule has 0 spiro atoms. The fraction of sp³-hybridized carbons (Fsp3) is 0.200. The molecule has 0 bridgehead atoms. The zero-order valence-corrected chi connectivity index (χ0v) is 19.2. The summed E-state index contributed by atoms with van der Waals surface area (Å²) < 4.78 is 15.5. The van der Waals surface area contributed by atoms with Crippen molar-refractivity contribution in [1.82, 2.24) is 0 Å². The fourth-order valence-corrected chi connectivity index (χ4v) is 4.12. The van der Waals surface area contributed by atoms with Crippen molar-refractivity contribution in [2.75, 3.05) is 26.6 Å². The molecule has 1 amide bonds. The summed E-state index contributed by atoms with van der Waals surface area (Å²) in [5, 5.41) is 5.07. The minimum atomic E-state index is -0.503. The van der Waals surface area contributed by atoms with Gasteiger partial charge in [0.15, 0.2) is 0 Å². The Balaban J connectivity index is 1.85. The molecular weight excluding hydrogens is 426 g/mol. The molecule has 0 unspecified atom stereocenters. The maximum Gasteiger partial charge on any atom is 0.341 e. The number of carbonyl (C=O) groups excluding carboxylic acids is 2. The lowest BCUT2D eigenvalue weighted by Gasteiger charge is -2.08. The van der Waals surface area contributed by atoms with Gasteiger partial charge < -0.3 is 19.5 Å². The first-order valence-electron chi connectivity index (χ1n) is 10.0. The summed E-state index contributed by atoms with van der Waals surface area (Å²) in [5.74, 6) is 0.363. The largest absolute Gasteiger partial charge is 0.497 e. The summed E-state index contributed by atoms with van der Waals surface area (Å²) in [6, 6.07) is 13.3. The first kappa shape index (κ1) is 23.1. The Hall–Kier alpha value is -3.58. The van der Waals surface area contributed by atoms with Gasteiger partial charge >= 0.3 is 5.97 Å². The predicted octanol–water partition coefficient (Wildman–Crippen LogP) is 5.43. The number of esters is 1. The van der Waals surface area contributed by atoms with Gasteiger partial charge in [0.1, 0.15) is 22.1 Å². The highest BCUT2D eigenvalue weighted by Gasteiger charge is 2.22. The van der Waals surface area contributed by atoms with Gasteiger partial charge in [-0.25, -0.2) is 4.79 Å². The fourth-order valence-electron chi connectivity index (χ4n) is 3.16. The molecule has 0 saturated heterocycles. The quantitative estimate of drug-likeness (QED) is 0.365. The number of ether oxygens (including phenoxy) is 3. The minimum absolute atomic E-state index is 0.338. The van der Waals surface area contributed by atoms with Gasteiger partial charge in [-0.3, -0.25) is 4.79 Å². The summed E-state index contributed by atoms with van der Waals surface area (Å²) in [6.07, 6.45) is 3.96. The van der Waals surface area contributed by atoms with Crippen molar-refractivity contribution in [2.24, 2.45) is 0 Å². The van der Waals surface area contributed by atoms with E-state index in [-0.39, 0.29) is 5.91 Å². The molecule has 32 heavy (non-hydrogen) atoms. The third-order valence-corrected chi connectivity index (χ3v) is 5.84. The summed E-state index contributed by atoms with van der Waals surface area (Å²) in [6.45, 7) is 2.09. The molecule has 2 aromatic carbocycles. The number of amides is 1. The van der Waals surface area contributed by atoms with Gasteiger partial charge in [0.25, 0.3) is 0 Å². The molecule has 6 nitrogen and oxygen atoms in total. The van der Waals surface area contributed by atoms with E-state index < -0.39 is 5.97 Å². The number of methoxy groups -OCH3 is 3. The predicted molar refractivity (Wildman–Crippen MR) is 128 cm³/mol. The Bertz CT molecular complexity index is 1130. The Kier molecular flexibility index (Phi) is 7.68. The standard InChI is InChI=1S/C25H25NO5S/c1-5-16-6-8-17(9-7-16)20-15-32-24(23(20)25(28)31-4)26-22(27)13-11-18-10-12-19(29-2)14-21(18)30-3/h6-15H,5H2,1-4H3,(H,26,27)/b13-11+. The summed E-state index contributed by atoms with van der Waals surface area (Å²) >= 11 is 1.28. The Morgan fingerprint density at radius 1 is 1.03 bits per heavy atom. The van der Waals surface area contributed by atoms with Crippen LogP contribution in [0.25, 0.3) is 17.2 Å². The molecule has 0 fully saturated rings. The van der Waals surface area contributed by atoms with E-state index in [9.17, 15) is 9.59 Å². The number of benzene rings is 2. The van der Waals surface area contributed by atoms with E-state index in [1.54, 1.807) is 38.5 Å². The third kappa shape index (κ3) is 5.18. The second-order valence-electron chi connectivity index (χ2n) is 6.83. The highest BCUT2D eigenvalue weighted by molar-refractivity contribution is 7.15. The van der Waals surface area contributed by atoms with Crippen LogP contribution in [0.1, 0.15) is 28.4 Å². The average molecular weight is 452 g/mol. The molecule has 7 heteroatoms. The van der Waals surface area contributed by atoms with E-state index in [2.05, 4.69) is 12.2 Å². The van der Waals surface area contributed by atoms with Crippen molar-refractivity contribution >= 4 is 34.3 Å². The molecule has 3 aromatic rings. The van der Waals surface area contributed by atoms with Gasteiger partial charge in [-0.2, -0.15) is 0 Å². The molecule has 1 heterocycles. The smallest absolute Gasteiger partial charge is 0.341 e. The number of hydrogen-bond acceptors (Lipinski definition) is 6. The SMILES string of the molecule is CCc1ccc(-c2csc(NC(=O)/C=C/c3ccc(OC)cc3OC)c2C(=O)OC)cc1. The molecule has 0 radical (unpaired) electrons. The maximum atomic E-state index is 12.6. The number of thiophene rings is 1. The van der Waals surface area contributed by atoms with Gasteiger partial charge in [0.05, 0.1) is 21.3 Å². The number of rotatable bonds is 8. The van der Waals surface area contributed by atoms with Crippen molar-refractivity contribution in [3.8, 4) is 22.6 Å². The Labute approximate surface area is 191 Å². The van der Waals surface area contributed by atoms with E-state index in [0.717, 1.165) is 23.1 Å². The zero-order valence-electron chi connectivity index (χ0n) is 18.4. The van der Waals surface area contributed by atoms with E-state index in [0.29, 0.717) is 22.1 Å². The van der Waals surface area contributed by atoms with Crippen LogP contribution in [0.5, 0.6) is 11.5 Å². The van der Waals surface area contributed by atoms with Crippen LogP contribution in [-0.2, 0) is 16.0 Å². The van der Waals surface area contributed by atoms with Crippen LogP contribution in [0.3, 0.4) is 0 Å². The molecule has 166 valence electrons. The van der Waals surface area contributed by atoms with Crippen LogP contribution >= 0.6 is 11.3 Å². The minimum Gasteiger partial charge on any atom is -0.497 e. The second-order valence-corrected chi connectivity index (χ2v) is 7.71. The molecule has 3 rings (SSSR count). The van der Waals surface area contributed by atoms with E-state index >= 15 is 0 Å². The van der Waals surface area contributed by atoms with Gasteiger partial charge in [0.2, 0.25) is 5.91 Å². The third-order valence-electron chi connectivity index (χ3n) is 4.95. The zero-order chi connectivity index (χ0) is 23.1. The number of anilines is 1. The molecule has 0 aliphatic carbocycles. The van der Waals surface area contributed by atoms with Gasteiger partial charge in [-0.05, 0) is 35.8 Å². The maximum absolute atomic E-state index is 12.6. The highest BCUT2D eigenvalue weighted by atomic mass is 32.1. The lowest BCUT2D eigenvalue weighted by atomic mass is 10.0. The average Bonchev–Trinajstić information content (AvgIpc) is 3.25. The highest BCUT2D eigenvalue weighted by Crippen LogP contribution is 2.36. The monoisotopic (exact) mass is 451 g/mol. The van der Waals surface area contributed by atoms with Crippen molar-refractivity contribution in [3.05, 3.63) is 70.6 Å². The van der Waals surface area contributed by atoms with Crippen LogP contribution in [0.15, 0.2) is 53.9 Å². The number of aryl methyl sites for hydroxylation is 1. The molecule has 0 saturated carbocycles. The van der Waals surface area contributed by atoms with E-state index in [1.165, 1.54) is 30.1 Å². The molecule has 0 aliphatic heterocycles. The molecule has 1 aromatic heterocycles. The molecular formula is C25H25NO5S. The summed E-state index contributed by atoms with van der Waals surface area (Å²) in [5.41, 5.74) is 3.87. The second kappa shape index (κ2) is 10.6. The van der Waals surface area contributed by atoms with Crippen LogP contribution in [0.4, 0.5) is 5.00 Å².